The molecule has 3 rings (SSSR count). The van der Waals surface area contributed by atoms with Gasteiger partial charge in [0.1, 0.15) is 18.1 Å². The summed E-state index contributed by atoms with van der Waals surface area (Å²) in [5.41, 5.74) is 0. The average Bonchev–Trinajstić information content (AvgIpc) is 2.82. The van der Waals surface area contributed by atoms with Crippen molar-refractivity contribution in [2.45, 2.75) is 43.6 Å². The summed E-state index contributed by atoms with van der Waals surface area (Å²) in [6, 6.07) is 13.2. The van der Waals surface area contributed by atoms with Crippen LogP contribution in [0.4, 0.5) is 0 Å². The van der Waals surface area contributed by atoms with Crippen LogP contribution in [-0.4, -0.2) is 51.0 Å². The van der Waals surface area contributed by atoms with Crippen LogP contribution in [0.3, 0.4) is 0 Å². The van der Waals surface area contributed by atoms with Gasteiger partial charge in [-0.15, -0.1) is 0 Å². The zero-order valence-electron chi connectivity index (χ0n) is 18.1. The maximum atomic E-state index is 12.7. The van der Waals surface area contributed by atoms with Gasteiger partial charge in [-0.2, -0.15) is 4.31 Å². The molecule has 1 aliphatic heterocycles. The van der Waals surface area contributed by atoms with Crippen molar-refractivity contribution in [2.24, 2.45) is 0 Å². The number of nitrogens with zero attached hydrogens (tertiary/aromatic N) is 1. The fourth-order valence-corrected chi connectivity index (χ4v) is 5.06. The molecule has 0 saturated carbocycles. The molecule has 0 unspecified atom stereocenters. The van der Waals surface area contributed by atoms with E-state index in [0.717, 1.165) is 19.3 Å². The standard InChI is InChI=1S/C23H29ClN2O5S/c1-2-22(31-20-8-6-18(24)7-9-20)23(27)25-14-17-30-19-10-12-21(13-11-19)32(28,29)26-15-4-3-5-16-26/h6-13,22H,2-5,14-17H2,1H3,(H,25,27)/t22-/m0/s1. The molecule has 0 spiro atoms. The van der Waals surface area contributed by atoms with E-state index in [0.29, 0.717) is 42.6 Å². The molecule has 174 valence electrons. The summed E-state index contributed by atoms with van der Waals surface area (Å²) in [5.74, 6) is 0.891. The van der Waals surface area contributed by atoms with E-state index in [-0.39, 0.29) is 17.4 Å². The molecular formula is C23H29ClN2O5S. The molecule has 2 aromatic rings. The lowest BCUT2D eigenvalue weighted by molar-refractivity contribution is -0.128. The summed E-state index contributed by atoms with van der Waals surface area (Å²) in [5, 5.41) is 3.40. The maximum Gasteiger partial charge on any atom is 0.261 e. The number of nitrogens with one attached hydrogen (secondary N) is 1. The van der Waals surface area contributed by atoms with Crippen molar-refractivity contribution in [3.63, 3.8) is 0 Å². The van der Waals surface area contributed by atoms with Gasteiger partial charge in [0.2, 0.25) is 10.0 Å². The summed E-state index contributed by atoms with van der Waals surface area (Å²) in [6.45, 7) is 3.56. The highest BCUT2D eigenvalue weighted by atomic mass is 35.5. The summed E-state index contributed by atoms with van der Waals surface area (Å²) in [7, 11) is -3.46. The Bertz CT molecular complexity index is 974. The van der Waals surface area contributed by atoms with E-state index in [1.807, 2.05) is 6.92 Å². The molecule has 0 radical (unpaired) electrons. The quantitative estimate of drug-likeness (QED) is 0.522. The first-order valence-electron chi connectivity index (χ1n) is 10.8. The predicted octanol–water partition coefficient (Wildman–Crippen LogP) is 3.87. The van der Waals surface area contributed by atoms with Gasteiger partial charge in [0.25, 0.3) is 5.91 Å². The Balaban J connectivity index is 1.44. The largest absolute Gasteiger partial charge is 0.492 e. The summed E-state index contributed by atoms with van der Waals surface area (Å²) >= 11 is 5.87. The Morgan fingerprint density at radius 3 is 2.28 bits per heavy atom. The van der Waals surface area contributed by atoms with Gasteiger partial charge in [0.15, 0.2) is 6.10 Å². The number of rotatable bonds is 10. The summed E-state index contributed by atoms with van der Waals surface area (Å²) in [4.78, 5) is 12.6. The van der Waals surface area contributed by atoms with Crippen molar-refractivity contribution in [2.75, 3.05) is 26.2 Å². The lowest BCUT2D eigenvalue weighted by Gasteiger charge is -2.25. The maximum absolute atomic E-state index is 12.7. The van der Waals surface area contributed by atoms with Crippen LogP contribution in [-0.2, 0) is 14.8 Å². The van der Waals surface area contributed by atoms with Gasteiger partial charge in [0.05, 0.1) is 11.4 Å². The number of hydrogen-bond donors (Lipinski definition) is 1. The van der Waals surface area contributed by atoms with Crippen LogP contribution in [0.25, 0.3) is 0 Å². The molecule has 1 saturated heterocycles. The first-order valence-corrected chi connectivity index (χ1v) is 12.6. The lowest BCUT2D eigenvalue weighted by Crippen LogP contribution is -2.39. The Morgan fingerprint density at radius 2 is 1.66 bits per heavy atom. The molecule has 1 N–H and O–H groups in total. The molecule has 32 heavy (non-hydrogen) atoms. The van der Waals surface area contributed by atoms with Crippen molar-refractivity contribution in [3.8, 4) is 11.5 Å². The van der Waals surface area contributed by atoms with Crippen LogP contribution < -0.4 is 14.8 Å². The zero-order chi connectivity index (χ0) is 23.0. The normalized spacial score (nSPS) is 15.7. The predicted molar refractivity (Wildman–Crippen MR) is 124 cm³/mol. The van der Waals surface area contributed by atoms with Crippen molar-refractivity contribution < 1.29 is 22.7 Å². The van der Waals surface area contributed by atoms with E-state index >= 15 is 0 Å². The van der Waals surface area contributed by atoms with Gasteiger partial charge in [-0.1, -0.05) is 24.9 Å². The number of benzene rings is 2. The molecule has 1 aliphatic rings. The van der Waals surface area contributed by atoms with Gasteiger partial charge in [-0.3, -0.25) is 4.79 Å². The molecule has 0 aliphatic carbocycles. The van der Waals surface area contributed by atoms with Crippen molar-refractivity contribution in [1.29, 1.82) is 0 Å². The van der Waals surface area contributed by atoms with Crippen LogP contribution in [0.5, 0.6) is 11.5 Å². The first kappa shape index (κ1) is 24.4. The molecule has 1 heterocycles. The second-order valence-corrected chi connectivity index (χ2v) is 9.92. The van der Waals surface area contributed by atoms with E-state index in [4.69, 9.17) is 21.1 Å². The monoisotopic (exact) mass is 480 g/mol. The van der Waals surface area contributed by atoms with Gasteiger partial charge in [-0.25, -0.2) is 8.42 Å². The highest BCUT2D eigenvalue weighted by molar-refractivity contribution is 7.89. The molecule has 0 aromatic heterocycles. The molecule has 1 fully saturated rings. The van der Waals surface area contributed by atoms with Crippen LogP contribution in [0.1, 0.15) is 32.6 Å². The first-order chi connectivity index (χ1) is 15.4. The fourth-order valence-electron chi connectivity index (χ4n) is 3.42. The van der Waals surface area contributed by atoms with Gasteiger partial charge in [0, 0.05) is 18.1 Å². The van der Waals surface area contributed by atoms with Gasteiger partial charge >= 0.3 is 0 Å². The van der Waals surface area contributed by atoms with Crippen LogP contribution in [0.15, 0.2) is 53.4 Å². The molecule has 7 nitrogen and oxygen atoms in total. The van der Waals surface area contributed by atoms with Gasteiger partial charge in [-0.05, 0) is 67.8 Å². The minimum atomic E-state index is -3.46. The Kier molecular flexibility index (Phi) is 8.78. The SMILES string of the molecule is CC[C@H](Oc1ccc(Cl)cc1)C(=O)NCCOc1ccc(S(=O)(=O)N2CCCCC2)cc1. The second kappa shape index (κ2) is 11.5. The second-order valence-electron chi connectivity index (χ2n) is 7.54. The smallest absolute Gasteiger partial charge is 0.261 e. The number of halogens is 1. The van der Waals surface area contributed by atoms with Crippen molar-refractivity contribution >= 4 is 27.5 Å². The molecule has 1 atom stereocenters. The van der Waals surface area contributed by atoms with Crippen LogP contribution >= 0.6 is 11.6 Å². The topological polar surface area (TPSA) is 84.9 Å². The third kappa shape index (κ3) is 6.60. The van der Waals surface area contributed by atoms with Crippen LogP contribution in [0, 0.1) is 0 Å². The summed E-state index contributed by atoms with van der Waals surface area (Å²) < 4.78 is 38.3. The number of carbonyl (C=O) groups excluding carboxylic acids is 1. The number of carbonyl (C=O) groups is 1. The Morgan fingerprint density at radius 1 is 1.03 bits per heavy atom. The molecule has 0 bridgehead atoms. The minimum Gasteiger partial charge on any atom is -0.492 e. The number of amides is 1. The van der Waals surface area contributed by atoms with E-state index in [9.17, 15) is 13.2 Å². The van der Waals surface area contributed by atoms with E-state index in [1.165, 1.54) is 4.31 Å². The third-order valence-corrected chi connectivity index (χ3v) is 7.37. The highest BCUT2D eigenvalue weighted by Crippen LogP contribution is 2.22. The molecule has 2 aromatic carbocycles. The Labute approximate surface area is 194 Å². The Hall–Kier alpha value is -2.29. The van der Waals surface area contributed by atoms with Crippen LogP contribution in [0.2, 0.25) is 5.02 Å². The summed E-state index contributed by atoms with van der Waals surface area (Å²) in [6.07, 6.45) is 2.77. The van der Waals surface area contributed by atoms with E-state index in [1.54, 1.807) is 48.5 Å². The third-order valence-electron chi connectivity index (χ3n) is 5.20. The molecule has 9 heteroatoms. The fraction of sp³-hybridized carbons (Fsp3) is 0.435. The molecule has 1 amide bonds. The number of piperidine rings is 1. The number of ether oxygens (including phenoxy) is 2. The number of sulfonamides is 1. The van der Waals surface area contributed by atoms with E-state index < -0.39 is 16.1 Å². The number of hydrogen-bond acceptors (Lipinski definition) is 5. The minimum absolute atomic E-state index is 0.228. The van der Waals surface area contributed by atoms with E-state index in [2.05, 4.69) is 5.32 Å². The molecular weight excluding hydrogens is 452 g/mol. The van der Waals surface area contributed by atoms with Gasteiger partial charge < -0.3 is 14.8 Å². The van der Waals surface area contributed by atoms with Crippen molar-refractivity contribution in [1.82, 2.24) is 9.62 Å². The zero-order valence-corrected chi connectivity index (χ0v) is 19.7. The van der Waals surface area contributed by atoms with Crippen molar-refractivity contribution in [3.05, 3.63) is 53.6 Å². The average molecular weight is 481 g/mol. The lowest BCUT2D eigenvalue weighted by atomic mass is 10.2. The highest BCUT2D eigenvalue weighted by Gasteiger charge is 2.25.